The summed E-state index contributed by atoms with van der Waals surface area (Å²) in [6, 6.07) is 21.0. The second kappa shape index (κ2) is 17.9. The van der Waals surface area contributed by atoms with Gasteiger partial charge in [0.25, 0.3) is 0 Å². The second-order valence-electron chi connectivity index (χ2n) is 10.7. The number of nitrogens with zero attached hydrogens (tertiary/aromatic N) is 2. The molecule has 4 aromatic rings. The Hall–Kier alpha value is -2.30. The predicted octanol–water partition coefficient (Wildman–Crippen LogP) is 10.7. The van der Waals surface area contributed by atoms with Crippen molar-refractivity contribution in [2.45, 2.75) is 59.9 Å². The molecule has 43 heavy (non-hydrogen) atoms. The Balaban J connectivity index is 0.000000203. The number of halogens is 4. The van der Waals surface area contributed by atoms with Crippen LogP contribution in [0.4, 0.5) is 15.8 Å². The molecule has 3 nitrogen and oxygen atoms in total. The zero-order valence-corrected chi connectivity index (χ0v) is 29.3. The van der Waals surface area contributed by atoms with Gasteiger partial charge in [0.1, 0.15) is 0 Å². The van der Waals surface area contributed by atoms with Crippen molar-refractivity contribution in [2.75, 3.05) is 16.8 Å². The average Bonchev–Trinajstić information content (AvgIpc) is 3.47. The van der Waals surface area contributed by atoms with Gasteiger partial charge in [0.05, 0.1) is 0 Å². The minimum absolute atomic E-state index is 0.277. The second-order valence-corrected chi connectivity index (χ2v) is 16.8. The molecular formula is C35H40Cl3FN3Ru-. The number of pyridine rings is 1. The molecule has 0 bridgehead atoms. The van der Waals surface area contributed by atoms with E-state index in [4.69, 9.17) is 31.0 Å². The number of hydrogen-bond acceptors (Lipinski definition) is 3. The summed E-state index contributed by atoms with van der Waals surface area (Å²) in [7, 11) is 11.9. The van der Waals surface area contributed by atoms with Crippen molar-refractivity contribution >= 4 is 47.0 Å². The van der Waals surface area contributed by atoms with Crippen LogP contribution in [0, 0.1) is 33.1 Å². The molecule has 232 valence electrons. The van der Waals surface area contributed by atoms with Gasteiger partial charge in [0.15, 0.2) is 0 Å². The molecule has 0 saturated carbocycles. The number of nitrogens with one attached hydrogen (secondary N) is 1. The SMILES string of the molecule is CC(C)c1ccccc1NCc1ccc(F)cc1[CH]=[Ru]([Cl])[Cl].Cc1cc(C)c(N2[CH-]CCC2)c(C)c1.Clc1ccncc1. The van der Waals surface area contributed by atoms with Crippen LogP contribution in [0.3, 0.4) is 0 Å². The molecule has 1 N–H and O–H groups in total. The fraction of sp³-hybridized carbons (Fsp3) is 0.286. The molecule has 1 aromatic heterocycles. The molecule has 0 unspecified atom stereocenters. The van der Waals surface area contributed by atoms with E-state index in [1.54, 1.807) is 35.2 Å². The zero-order valence-electron chi connectivity index (χ0n) is 25.3. The van der Waals surface area contributed by atoms with E-state index in [1.807, 2.05) is 12.1 Å². The van der Waals surface area contributed by atoms with Crippen LogP contribution in [0.5, 0.6) is 0 Å². The van der Waals surface area contributed by atoms with Crippen molar-refractivity contribution in [2.24, 2.45) is 0 Å². The van der Waals surface area contributed by atoms with Gasteiger partial charge in [-0.2, -0.15) is 6.42 Å². The first-order chi connectivity index (χ1) is 20.5. The van der Waals surface area contributed by atoms with Gasteiger partial charge < -0.3 is 4.90 Å². The molecule has 3 aromatic carbocycles. The Kier molecular flexibility index (Phi) is 14.6. The number of aromatic nitrogens is 1. The van der Waals surface area contributed by atoms with Gasteiger partial charge in [0, 0.05) is 23.1 Å². The predicted molar refractivity (Wildman–Crippen MR) is 182 cm³/mol. The van der Waals surface area contributed by atoms with Gasteiger partial charge in [-0.15, -0.1) is 0 Å². The summed E-state index contributed by atoms with van der Waals surface area (Å²) in [5.41, 5.74) is 9.71. The Morgan fingerprint density at radius 1 is 1.00 bits per heavy atom. The molecule has 8 heteroatoms. The van der Waals surface area contributed by atoms with Crippen molar-refractivity contribution in [1.82, 2.24) is 4.98 Å². The fourth-order valence-electron chi connectivity index (χ4n) is 5.02. The van der Waals surface area contributed by atoms with Crippen LogP contribution in [0.2, 0.25) is 5.02 Å². The third kappa shape index (κ3) is 11.6. The van der Waals surface area contributed by atoms with E-state index in [9.17, 15) is 4.39 Å². The van der Waals surface area contributed by atoms with E-state index >= 15 is 0 Å². The van der Waals surface area contributed by atoms with Crippen LogP contribution in [0.25, 0.3) is 0 Å². The van der Waals surface area contributed by atoms with Gasteiger partial charge in [0.2, 0.25) is 0 Å². The molecule has 5 rings (SSSR count). The number of para-hydroxylation sites is 1. The summed E-state index contributed by atoms with van der Waals surface area (Å²) < 4.78 is 15.2. The van der Waals surface area contributed by atoms with E-state index in [2.05, 4.69) is 80.6 Å². The molecule has 0 amide bonds. The molecule has 1 aliphatic heterocycles. The fourth-order valence-corrected chi connectivity index (χ4v) is 6.99. The quantitative estimate of drug-likeness (QED) is 0.158. The first-order valence-corrected chi connectivity index (χ1v) is 20.1. The summed E-state index contributed by atoms with van der Waals surface area (Å²) in [6.07, 6.45) is 5.84. The minimum atomic E-state index is -1.99. The Bertz CT molecular complexity index is 1460. The first kappa shape index (κ1) is 35.2. The van der Waals surface area contributed by atoms with E-state index in [1.165, 1.54) is 59.5 Å². The van der Waals surface area contributed by atoms with Crippen molar-refractivity contribution in [3.8, 4) is 0 Å². The minimum Gasteiger partial charge on any atom is -0.522 e. The van der Waals surface area contributed by atoms with Gasteiger partial charge in [-0.05, 0) is 50.6 Å². The van der Waals surface area contributed by atoms with E-state index in [0.717, 1.165) is 21.8 Å². The molecule has 0 atom stereocenters. The van der Waals surface area contributed by atoms with Crippen molar-refractivity contribution in [3.63, 3.8) is 0 Å². The standard InChI is InChI=1S/C17H18FN.C13H18N.C5H4ClN.2ClH.Ru/c1-12(2)16-6-4-5-7-17(16)19-11-14-8-9-15(18)10-13(14)3;1-10-8-11(2)13(12(3)9-10)14-6-4-5-7-14;6-5-1-3-7-4-2-5;;;/h3-10,12,19H,11H2,1-2H3;6,8-9H,4-5,7H2,1-3H3;1-4H;2*1H;/q;-1;;;;+2/p-2. The Morgan fingerprint density at radius 2 is 1.67 bits per heavy atom. The third-order valence-corrected chi connectivity index (χ3v) is 8.95. The Labute approximate surface area is 274 Å². The number of aryl methyl sites for hydroxylation is 3. The molecule has 2 heterocycles. The summed E-state index contributed by atoms with van der Waals surface area (Å²) in [4.78, 5) is 6.17. The summed E-state index contributed by atoms with van der Waals surface area (Å²) in [5.74, 6) is 0.159. The summed E-state index contributed by atoms with van der Waals surface area (Å²) >= 11 is 3.51. The Morgan fingerprint density at radius 3 is 2.23 bits per heavy atom. The smallest absolute Gasteiger partial charge is 0.0436 e. The van der Waals surface area contributed by atoms with Gasteiger partial charge in [-0.1, -0.05) is 35.7 Å². The topological polar surface area (TPSA) is 28.2 Å². The van der Waals surface area contributed by atoms with Crippen LogP contribution in [0.15, 0.2) is 79.1 Å². The summed E-state index contributed by atoms with van der Waals surface area (Å²) in [6.45, 7) is 15.0. The first-order valence-electron chi connectivity index (χ1n) is 14.2. The molecule has 1 aliphatic rings. The zero-order chi connectivity index (χ0) is 31.4. The number of hydrogen-bond donors (Lipinski definition) is 1. The number of benzene rings is 3. The van der Waals surface area contributed by atoms with Crippen molar-refractivity contribution in [1.29, 1.82) is 0 Å². The molecular weight excluding hydrogens is 689 g/mol. The normalized spacial score (nSPS) is 12.6. The van der Waals surface area contributed by atoms with E-state index in [0.29, 0.717) is 12.5 Å². The van der Waals surface area contributed by atoms with Crippen molar-refractivity contribution in [3.05, 3.63) is 130 Å². The van der Waals surface area contributed by atoms with Crippen LogP contribution < -0.4 is 10.2 Å². The summed E-state index contributed by atoms with van der Waals surface area (Å²) in [5, 5.41) is 4.16. The van der Waals surface area contributed by atoms with E-state index < -0.39 is 13.5 Å². The molecule has 0 aliphatic carbocycles. The average molecular weight is 729 g/mol. The largest absolute Gasteiger partial charge is 0.522 e. The van der Waals surface area contributed by atoms with Crippen LogP contribution >= 0.6 is 31.0 Å². The van der Waals surface area contributed by atoms with Gasteiger partial charge >= 0.3 is 144 Å². The number of anilines is 2. The van der Waals surface area contributed by atoms with Crippen LogP contribution in [-0.4, -0.2) is 16.1 Å². The monoisotopic (exact) mass is 728 g/mol. The molecule has 1 saturated heterocycles. The maximum Gasteiger partial charge on any atom is 0.0436 e. The maximum atomic E-state index is 13.4. The van der Waals surface area contributed by atoms with Gasteiger partial charge in [-0.3, -0.25) is 4.98 Å². The number of rotatable bonds is 6. The molecule has 0 spiro atoms. The maximum absolute atomic E-state index is 13.4. The molecule has 0 radical (unpaired) electrons. The van der Waals surface area contributed by atoms with Crippen LogP contribution in [-0.2, 0) is 20.1 Å². The van der Waals surface area contributed by atoms with Crippen LogP contribution in [0.1, 0.15) is 66.0 Å². The van der Waals surface area contributed by atoms with Crippen molar-refractivity contribution < 1.29 is 17.9 Å². The van der Waals surface area contributed by atoms with E-state index in [-0.39, 0.29) is 5.82 Å². The molecule has 1 fully saturated rings. The third-order valence-electron chi connectivity index (χ3n) is 6.86. The van der Waals surface area contributed by atoms with Gasteiger partial charge in [-0.25, -0.2) is 6.54 Å².